The fraction of sp³-hybridized carbons (Fsp3) is 0.0698. The van der Waals surface area contributed by atoms with Gasteiger partial charge in [-0.3, -0.25) is 4.99 Å². The zero-order valence-electron chi connectivity index (χ0n) is 25.3. The van der Waals surface area contributed by atoms with E-state index in [4.69, 9.17) is 9.98 Å². The maximum atomic E-state index is 5.10. The molecule has 3 heteroatoms. The van der Waals surface area contributed by atoms with Crippen LogP contribution >= 0.6 is 11.3 Å². The van der Waals surface area contributed by atoms with Crippen LogP contribution in [0.5, 0.6) is 0 Å². The number of rotatable bonds is 5. The summed E-state index contributed by atoms with van der Waals surface area (Å²) in [6.07, 6.45) is 6.32. The molecule has 0 unspecified atom stereocenters. The summed E-state index contributed by atoms with van der Waals surface area (Å²) in [7, 11) is 0. The Labute approximate surface area is 272 Å². The Balaban J connectivity index is 1.13. The Kier molecular flexibility index (Phi) is 6.57. The highest BCUT2D eigenvalue weighted by Gasteiger charge is 2.18. The molecular weight excluding hydrogens is 577 g/mol. The fourth-order valence-corrected chi connectivity index (χ4v) is 8.24. The van der Waals surface area contributed by atoms with Crippen molar-refractivity contribution in [3.8, 4) is 11.1 Å². The van der Waals surface area contributed by atoms with Gasteiger partial charge in [-0.25, -0.2) is 4.99 Å². The number of aliphatic imine (C=N–C) groups is 2. The van der Waals surface area contributed by atoms with Crippen LogP contribution < -0.4 is 0 Å². The predicted molar refractivity (Wildman–Crippen MR) is 199 cm³/mol. The first-order valence-electron chi connectivity index (χ1n) is 15.9. The van der Waals surface area contributed by atoms with E-state index in [1.54, 1.807) is 0 Å². The number of hydrogen-bond donors (Lipinski definition) is 0. The molecule has 7 aromatic carbocycles. The molecule has 0 saturated carbocycles. The van der Waals surface area contributed by atoms with Gasteiger partial charge in [0.15, 0.2) is 5.84 Å². The molecule has 0 amide bonds. The van der Waals surface area contributed by atoms with Gasteiger partial charge in [0.25, 0.3) is 0 Å². The smallest absolute Gasteiger partial charge is 0.154 e. The lowest BCUT2D eigenvalue weighted by atomic mass is 9.89. The SMILES string of the molecule is C(=NC(=NCC1=Cc2ccccc2CC1)c1ccc(-c2cccc3c4cccc5sc6cccc(c23)c6c54)cc1)c1ccccc1. The van der Waals surface area contributed by atoms with E-state index in [0.717, 1.165) is 29.8 Å². The van der Waals surface area contributed by atoms with Crippen LogP contribution in [0.4, 0.5) is 0 Å². The van der Waals surface area contributed by atoms with Crippen molar-refractivity contribution >= 4 is 71.2 Å². The first-order chi connectivity index (χ1) is 22.8. The standard InChI is InChI=1S/C43H30N2S/c1-2-9-28(10-3-1)26-44-43(45-27-29-19-20-30-11-4-5-12-33(30)25-29)32-23-21-31(22-24-32)34-13-6-14-35-36-15-7-17-38-41(36)42-37(40(34)35)16-8-18-39(42)46-38/h1-18,21-26H,19-20,27H2. The summed E-state index contributed by atoms with van der Waals surface area (Å²) in [4.78, 5) is 10.0. The third-order valence-electron chi connectivity index (χ3n) is 9.30. The van der Waals surface area contributed by atoms with E-state index in [1.165, 1.54) is 69.5 Å². The Morgan fingerprint density at radius 1 is 0.609 bits per heavy atom. The number of nitrogens with zero attached hydrogens (tertiary/aromatic N) is 2. The maximum absolute atomic E-state index is 5.10. The first-order valence-corrected chi connectivity index (χ1v) is 16.7. The molecule has 8 aromatic rings. The van der Waals surface area contributed by atoms with Gasteiger partial charge in [0.1, 0.15) is 0 Å². The molecule has 218 valence electrons. The minimum atomic E-state index is 0.641. The minimum Gasteiger partial charge on any atom is -0.262 e. The van der Waals surface area contributed by atoms with E-state index in [-0.39, 0.29) is 0 Å². The molecule has 0 bridgehead atoms. The van der Waals surface area contributed by atoms with Gasteiger partial charge in [-0.1, -0.05) is 127 Å². The average molecular weight is 607 g/mol. The van der Waals surface area contributed by atoms with Gasteiger partial charge in [-0.05, 0) is 79.9 Å². The fourth-order valence-electron chi connectivity index (χ4n) is 7.08. The number of hydrogen-bond acceptors (Lipinski definition) is 2. The lowest BCUT2D eigenvalue weighted by molar-refractivity contribution is 0.892. The lowest BCUT2D eigenvalue weighted by Crippen LogP contribution is -2.05. The van der Waals surface area contributed by atoms with E-state index in [9.17, 15) is 0 Å². The third-order valence-corrected chi connectivity index (χ3v) is 10.4. The van der Waals surface area contributed by atoms with Gasteiger partial charge in [0, 0.05) is 32.0 Å². The maximum Gasteiger partial charge on any atom is 0.154 e. The first kappa shape index (κ1) is 27.0. The van der Waals surface area contributed by atoms with E-state index in [0.29, 0.717) is 6.54 Å². The van der Waals surface area contributed by atoms with Crippen LogP contribution in [0.1, 0.15) is 28.7 Å². The summed E-state index contributed by atoms with van der Waals surface area (Å²) in [6.45, 7) is 0.641. The van der Waals surface area contributed by atoms with Crippen molar-refractivity contribution in [1.82, 2.24) is 0 Å². The summed E-state index contributed by atoms with van der Waals surface area (Å²) < 4.78 is 2.71. The monoisotopic (exact) mass is 606 g/mol. The van der Waals surface area contributed by atoms with E-state index < -0.39 is 0 Å². The number of benzene rings is 7. The quantitative estimate of drug-likeness (QED) is 0.106. The molecule has 1 heterocycles. The Bertz CT molecular complexity index is 2480. The van der Waals surface area contributed by atoms with Crippen LogP contribution in [-0.2, 0) is 6.42 Å². The van der Waals surface area contributed by atoms with Crippen LogP contribution in [0, 0.1) is 0 Å². The van der Waals surface area contributed by atoms with Gasteiger partial charge in [0.05, 0.1) is 6.54 Å². The number of fused-ring (bicyclic) bond motifs is 4. The molecule has 0 aliphatic heterocycles. The molecule has 0 fully saturated rings. The molecule has 0 N–H and O–H groups in total. The number of aryl methyl sites for hydroxylation is 1. The topological polar surface area (TPSA) is 24.7 Å². The molecule has 0 atom stereocenters. The molecule has 9 rings (SSSR count). The normalized spacial score (nSPS) is 13.7. The average Bonchev–Trinajstić information content (AvgIpc) is 3.51. The highest BCUT2D eigenvalue weighted by atomic mass is 32.1. The van der Waals surface area contributed by atoms with E-state index >= 15 is 0 Å². The summed E-state index contributed by atoms with van der Waals surface area (Å²) in [5.74, 6) is 0.754. The molecule has 1 aromatic heterocycles. The van der Waals surface area contributed by atoms with Crippen LogP contribution in [0.15, 0.2) is 149 Å². The van der Waals surface area contributed by atoms with Crippen LogP contribution in [0.25, 0.3) is 58.9 Å². The van der Waals surface area contributed by atoms with Crippen molar-refractivity contribution in [3.05, 3.63) is 161 Å². The summed E-state index contributed by atoms with van der Waals surface area (Å²) >= 11 is 1.89. The van der Waals surface area contributed by atoms with Gasteiger partial charge in [0.2, 0.25) is 0 Å². The van der Waals surface area contributed by atoms with E-state index in [2.05, 4.69) is 121 Å². The van der Waals surface area contributed by atoms with Crippen LogP contribution in [0.2, 0.25) is 0 Å². The van der Waals surface area contributed by atoms with Gasteiger partial charge >= 0.3 is 0 Å². The zero-order valence-corrected chi connectivity index (χ0v) is 26.1. The second-order valence-corrected chi connectivity index (χ2v) is 13.2. The third kappa shape index (κ3) is 4.63. The molecule has 1 aliphatic carbocycles. The highest BCUT2D eigenvalue weighted by Crippen LogP contribution is 2.47. The molecular formula is C43H30N2S. The highest BCUT2D eigenvalue weighted by molar-refractivity contribution is 7.26. The van der Waals surface area contributed by atoms with Crippen molar-refractivity contribution < 1.29 is 0 Å². The second-order valence-electron chi connectivity index (χ2n) is 12.1. The Morgan fingerprint density at radius 3 is 2.13 bits per heavy atom. The van der Waals surface area contributed by atoms with Crippen molar-refractivity contribution in [1.29, 1.82) is 0 Å². The zero-order chi connectivity index (χ0) is 30.5. The largest absolute Gasteiger partial charge is 0.262 e. The van der Waals surface area contributed by atoms with Gasteiger partial charge in [-0.2, -0.15) is 0 Å². The molecule has 2 nitrogen and oxygen atoms in total. The second kappa shape index (κ2) is 11.2. The van der Waals surface area contributed by atoms with Crippen LogP contribution in [-0.4, -0.2) is 18.6 Å². The van der Waals surface area contributed by atoms with Crippen molar-refractivity contribution in [3.63, 3.8) is 0 Å². The van der Waals surface area contributed by atoms with E-state index in [1.807, 2.05) is 35.8 Å². The Morgan fingerprint density at radius 2 is 1.30 bits per heavy atom. The number of thiophene rings is 1. The van der Waals surface area contributed by atoms with Crippen molar-refractivity contribution in [2.45, 2.75) is 12.8 Å². The molecule has 1 aliphatic rings. The lowest BCUT2D eigenvalue weighted by Gasteiger charge is -2.15. The van der Waals surface area contributed by atoms with Gasteiger partial charge in [-0.15, -0.1) is 11.3 Å². The summed E-state index contributed by atoms with van der Waals surface area (Å²) in [6, 6.07) is 48.0. The molecule has 0 spiro atoms. The minimum absolute atomic E-state index is 0.641. The molecule has 0 radical (unpaired) electrons. The molecule has 0 saturated heterocycles. The Hall–Kier alpha value is -5.38. The van der Waals surface area contributed by atoms with Crippen molar-refractivity contribution in [2.24, 2.45) is 9.98 Å². The predicted octanol–water partition coefficient (Wildman–Crippen LogP) is 11.4. The van der Waals surface area contributed by atoms with Crippen LogP contribution in [0.3, 0.4) is 0 Å². The number of amidine groups is 1. The van der Waals surface area contributed by atoms with Crippen molar-refractivity contribution in [2.75, 3.05) is 6.54 Å². The summed E-state index contributed by atoms with van der Waals surface area (Å²) in [5, 5.41) is 8.07. The van der Waals surface area contributed by atoms with Gasteiger partial charge < -0.3 is 0 Å². The summed E-state index contributed by atoms with van der Waals surface area (Å²) in [5.41, 5.74) is 8.60. The molecule has 46 heavy (non-hydrogen) atoms.